The summed E-state index contributed by atoms with van der Waals surface area (Å²) in [6, 6.07) is 8.01. The molecule has 1 heterocycles. The molecule has 1 aromatic rings. The number of nitrogens with zero attached hydrogens (tertiary/aromatic N) is 3. The number of anilines is 1. The fourth-order valence-corrected chi connectivity index (χ4v) is 2.53. The molecule has 1 fully saturated rings. The van der Waals surface area contributed by atoms with Crippen molar-refractivity contribution < 1.29 is 0 Å². The number of para-hydroxylation sites is 1. The summed E-state index contributed by atoms with van der Waals surface area (Å²) in [6.45, 7) is 3.84. The van der Waals surface area contributed by atoms with Crippen LogP contribution in [0.1, 0.15) is 0 Å². The van der Waals surface area contributed by atoms with Gasteiger partial charge in [0, 0.05) is 40.3 Å². The van der Waals surface area contributed by atoms with Gasteiger partial charge in [0.15, 0.2) is 5.96 Å². The maximum absolute atomic E-state index is 6.22. The molecule has 4 nitrogen and oxygen atoms in total. The summed E-state index contributed by atoms with van der Waals surface area (Å²) >= 11 is 6.22. The van der Waals surface area contributed by atoms with Crippen molar-refractivity contribution in [3.05, 3.63) is 29.3 Å². The van der Waals surface area contributed by atoms with Gasteiger partial charge >= 0.3 is 0 Å². The van der Waals surface area contributed by atoms with Crippen LogP contribution in [0.5, 0.6) is 0 Å². The van der Waals surface area contributed by atoms with Crippen molar-refractivity contribution in [1.82, 2.24) is 10.2 Å². The lowest BCUT2D eigenvalue weighted by Crippen LogP contribution is -2.52. The number of benzene rings is 1. The molecule has 0 radical (unpaired) electrons. The molecule has 1 saturated heterocycles. The van der Waals surface area contributed by atoms with E-state index >= 15 is 0 Å². The van der Waals surface area contributed by atoms with Crippen LogP contribution in [-0.4, -0.2) is 51.1 Å². The predicted molar refractivity (Wildman–Crippen MR) is 77.7 cm³/mol. The average molecular weight is 267 g/mol. The molecule has 0 bridgehead atoms. The number of rotatable bonds is 1. The smallest absolute Gasteiger partial charge is 0.193 e. The zero-order valence-electron chi connectivity index (χ0n) is 10.9. The summed E-state index contributed by atoms with van der Waals surface area (Å²) < 4.78 is 0. The van der Waals surface area contributed by atoms with Crippen LogP contribution in [0.3, 0.4) is 0 Å². The second kappa shape index (κ2) is 5.96. The topological polar surface area (TPSA) is 30.9 Å². The van der Waals surface area contributed by atoms with Gasteiger partial charge in [-0.05, 0) is 12.1 Å². The Morgan fingerprint density at radius 1 is 1.22 bits per heavy atom. The first-order valence-corrected chi connectivity index (χ1v) is 6.53. The maximum Gasteiger partial charge on any atom is 0.193 e. The molecule has 1 N–H and O–H groups in total. The van der Waals surface area contributed by atoms with E-state index in [1.54, 1.807) is 0 Å². The van der Waals surface area contributed by atoms with E-state index in [9.17, 15) is 0 Å². The second-order valence-electron chi connectivity index (χ2n) is 4.22. The van der Waals surface area contributed by atoms with Gasteiger partial charge in [0.25, 0.3) is 0 Å². The van der Waals surface area contributed by atoms with Crippen molar-refractivity contribution in [1.29, 1.82) is 0 Å². The molecule has 2 rings (SSSR count). The SMILES string of the molecule is CN=C(NC)N1CCN(c2ccccc2Cl)CC1. The van der Waals surface area contributed by atoms with Gasteiger partial charge in [-0.1, -0.05) is 23.7 Å². The number of hydrogen-bond donors (Lipinski definition) is 1. The number of nitrogens with one attached hydrogen (secondary N) is 1. The monoisotopic (exact) mass is 266 g/mol. The largest absolute Gasteiger partial charge is 0.367 e. The van der Waals surface area contributed by atoms with Crippen molar-refractivity contribution in [3.63, 3.8) is 0 Å². The van der Waals surface area contributed by atoms with Crippen molar-refractivity contribution in [3.8, 4) is 0 Å². The molecule has 0 amide bonds. The van der Waals surface area contributed by atoms with Crippen LogP contribution in [0.2, 0.25) is 5.02 Å². The Kier molecular flexibility index (Phi) is 4.31. The molecule has 0 spiro atoms. The van der Waals surface area contributed by atoms with Crippen LogP contribution in [-0.2, 0) is 0 Å². The molecule has 0 aliphatic carbocycles. The molecular formula is C13H19ClN4. The highest BCUT2D eigenvalue weighted by molar-refractivity contribution is 6.33. The van der Waals surface area contributed by atoms with Gasteiger partial charge in [-0.2, -0.15) is 0 Å². The average Bonchev–Trinajstić information content (AvgIpc) is 2.42. The van der Waals surface area contributed by atoms with Gasteiger partial charge in [-0.3, -0.25) is 4.99 Å². The minimum Gasteiger partial charge on any atom is -0.367 e. The lowest BCUT2D eigenvalue weighted by atomic mass is 10.2. The molecule has 5 heteroatoms. The molecule has 1 aromatic carbocycles. The third-order valence-electron chi connectivity index (χ3n) is 3.21. The van der Waals surface area contributed by atoms with Crippen LogP contribution in [0.15, 0.2) is 29.3 Å². The number of halogens is 1. The number of piperazine rings is 1. The zero-order valence-corrected chi connectivity index (χ0v) is 11.6. The summed E-state index contributed by atoms with van der Waals surface area (Å²) in [5.74, 6) is 0.953. The Morgan fingerprint density at radius 2 is 1.89 bits per heavy atom. The van der Waals surface area contributed by atoms with Crippen molar-refractivity contribution in [2.75, 3.05) is 45.2 Å². The minimum absolute atomic E-state index is 0.823. The van der Waals surface area contributed by atoms with E-state index in [0.717, 1.165) is 42.8 Å². The molecule has 1 aliphatic heterocycles. The molecular weight excluding hydrogens is 248 g/mol. The quantitative estimate of drug-likeness (QED) is 0.620. The van der Waals surface area contributed by atoms with Crippen LogP contribution in [0.4, 0.5) is 5.69 Å². The molecule has 18 heavy (non-hydrogen) atoms. The Bertz CT molecular complexity index is 425. The summed E-state index contributed by atoms with van der Waals surface area (Å²) in [5, 5.41) is 3.94. The number of guanidine groups is 1. The molecule has 0 aromatic heterocycles. The Labute approximate surface area is 113 Å². The molecule has 1 aliphatic rings. The van der Waals surface area contributed by atoms with Gasteiger partial charge in [0.05, 0.1) is 10.7 Å². The zero-order chi connectivity index (χ0) is 13.0. The van der Waals surface area contributed by atoms with Gasteiger partial charge < -0.3 is 15.1 Å². The van der Waals surface area contributed by atoms with E-state index < -0.39 is 0 Å². The van der Waals surface area contributed by atoms with Crippen LogP contribution in [0.25, 0.3) is 0 Å². The van der Waals surface area contributed by atoms with Crippen molar-refractivity contribution in [2.24, 2.45) is 4.99 Å². The highest BCUT2D eigenvalue weighted by atomic mass is 35.5. The molecule has 0 unspecified atom stereocenters. The lowest BCUT2D eigenvalue weighted by Gasteiger charge is -2.37. The Morgan fingerprint density at radius 3 is 2.44 bits per heavy atom. The highest BCUT2D eigenvalue weighted by Gasteiger charge is 2.20. The highest BCUT2D eigenvalue weighted by Crippen LogP contribution is 2.25. The van der Waals surface area contributed by atoms with Crippen LogP contribution >= 0.6 is 11.6 Å². The van der Waals surface area contributed by atoms with Crippen molar-refractivity contribution >= 4 is 23.2 Å². The Hall–Kier alpha value is -1.42. The predicted octanol–water partition coefficient (Wildman–Crippen LogP) is 1.67. The first kappa shape index (κ1) is 13.0. The fourth-order valence-electron chi connectivity index (χ4n) is 2.28. The first-order valence-electron chi connectivity index (χ1n) is 6.15. The first-order chi connectivity index (χ1) is 8.76. The third kappa shape index (κ3) is 2.70. The van der Waals surface area contributed by atoms with E-state index in [2.05, 4.69) is 26.2 Å². The van der Waals surface area contributed by atoms with Gasteiger partial charge in [0.2, 0.25) is 0 Å². The summed E-state index contributed by atoms with van der Waals surface area (Å²) in [7, 11) is 3.72. The standard InChI is InChI=1S/C13H19ClN4/c1-15-13(16-2)18-9-7-17(8-10-18)12-6-4-3-5-11(12)14/h3-6H,7-10H2,1-2H3,(H,15,16). The molecule has 0 atom stereocenters. The molecule has 98 valence electrons. The Balaban J connectivity index is 2.01. The minimum atomic E-state index is 0.823. The van der Waals surface area contributed by atoms with Gasteiger partial charge in [0.1, 0.15) is 0 Å². The third-order valence-corrected chi connectivity index (χ3v) is 3.53. The summed E-state index contributed by atoms with van der Waals surface area (Å²) in [5.41, 5.74) is 1.12. The normalized spacial score (nSPS) is 16.9. The summed E-state index contributed by atoms with van der Waals surface area (Å²) in [4.78, 5) is 8.81. The van der Waals surface area contributed by atoms with E-state index in [4.69, 9.17) is 11.6 Å². The van der Waals surface area contributed by atoms with Crippen LogP contribution in [0, 0.1) is 0 Å². The second-order valence-corrected chi connectivity index (χ2v) is 4.63. The van der Waals surface area contributed by atoms with Gasteiger partial charge in [-0.15, -0.1) is 0 Å². The summed E-state index contributed by atoms with van der Waals surface area (Å²) in [6.07, 6.45) is 0. The van der Waals surface area contributed by atoms with Crippen molar-refractivity contribution in [2.45, 2.75) is 0 Å². The maximum atomic E-state index is 6.22. The van der Waals surface area contributed by atoms with Gasteiger partial charge in [-0.25, -0.2) is 0 Å². The van der Waals surface area contributed by atoms with Crippen LogP contribution < -0.4 is 10.2 Å². The fraction of sp³-hybridized carbons (Fsp3) is 0.462. The van der Waals surface area contributed by atoms with E-state index in [0.29, 0.717) is 0 Å². The van der Waals surface area contributed by atoms with E-state index in [1.165, 1.54) is 0 Å². The van der Waals surface area contributed by atoms with E-state index in [-0.39, 0.29) is 0 Å². The molecule has 0 saturated carbocycles. The lowest BCUT2D eigenvalue weighted by molar-refractivity contribution is 0.375. The number of aliphatic imine (C=N–C) groups is 1. The van der Waals surface area contributed by atoms with E-state index in [1.807, 2.05) is 32.3 Å². The number of hydrogen-bond acceptors (Lipinski definition) is 2.